The first-order valence-electron chi connectivity index (χ1n) is 7.36. The quantitative estimate of drug-likeness (QED) is 0.555. The Morgan fingerprint density at radius 1 is 1.38 bits per heavy atom. The van der Waals surface area contributed by atoms with E-state index in [0.29, 0.717) is 24.2 Å². The number of hydrogen-bond donors (Lipinski definition) is 1. The summed E-state index contributed by atoms with van der Waals surface area (Å²) in [6, 6.07) is 0. The van der Waals surface area contributed by atoms with Crippen molar-refractivity contribution in [2.45, 2.75) is 46.5 Å². The van der Waals surface area contributed by atoms with E-state index >= 15 is 0 Å². The van der Waals surface area contributed by atoms with E-state index < -0.39 is 4.92 Å². The fraction of sp³-hybridized carbons (Fsp3) is 0.714. The summed E-state index contributed by atoms with van der Waals surface area (Å²) in [5.41, 5.74) is 0.148. The number of aromatic nitrogens is 2. The van der Waals surface area contributed by atoms with Crippen molar-refractivity contribution in [3.63, 3.8) is 0 Å². The summed E-state index contributed by atoms with van der Waals surface area (Å²) in [5, 5.41) is 13.9. The Morgan fingerprint density at radius 3 is 2.62 bits per heavy atom. The molecular weight excluding hydrogens is 272 g/mol. The minimum absolute atomic E-state index is 0.0480. The van der Waals surface area contributed by atoms with Gasteiger partial charge in [-0.1, -0.05) is 33.1 Å². The summed E-state index contributed by atoms with van der Waals surface area (Å²) < 4.78 is 5.64. The molecular formula is C14H24N4O3. The molecule has 0 aliphatic heterocycles. The zero-order valence-corrected chi connectivity index (χ0v) is 13.2. The van der Waals surface area contributed by atoms with E-state index in [1.807, 2.05) is 0 Å². The normalized spacial score (nSPS) is 12.0. The molecule has 1 aromatic rings. The lowest BCUT2D eigenvalue weighted by Crippen LogP contribution is -2.14. The zero-order chi connectivity index (χ0) is 15.8. The van der Waals surface area contributed by atoms with Crippen molar-refractivity contribution >= 4 is 11.6 Å². The van der Waals surface area contributed by atoms with Gasteiger partial charge in [0.25, 0.3) is 5.88 Å². The smallest absolute Gasteiger partial charge is 0.352 e. The maximum Gasteiger partial charge on any atom is 0.352 e. The molecule has 0 saturated heterocycles. The second kappa shape index (κ2) is 8.39. The van der Waals surface area contributed by atoms with Crippen molar-refractivity contribution in [1.29, 1.82) is 0 Å². The molecule has 0 amide bonds. The molecule has 21 heavy (non-hydrogen) atoms. The molecule has 0 saturated carbocycles. The van der Waals surface area contributed by atoms with Crippen LogP contribution in [0.5, 0.6) is 5.88 Å². The highest BCUT2D eigenvalue weighted by molar-refractivity contribution is 5.48. The van der Waals surface area contributed by atoms with Crippen LogP contribution in [-0.2, 0) is 0 Å². The maximum absolute atomic E-state index is 11.2. The van der Waals surface area contributed by atoms with E-state index in [2.05, 4.69) is 29.1 Å². The van der Waals surface area contributed by atoms with Crippen molar-refractivity contribution < 1.29 is 9.66 Å². The number of aryl methyl sites for hydroxylation is 1. The molecule has 0 spiro atoms. The van der Waals surface area contributed by atoms with Gasteiger partial charge in [-0.2, -0.15) is 4.98 Å². The molecule has 118 valence electrons. The first kappa shape index (κ1) is 17.1. The van der Waals surface area contributed by atoms with Crippen LogP contribution in [0.1, 0.15) is 45.2 Å². The number of nitrogens with one attached hydrogen (secondary N) is 1. The van der Waals surface area contributed by atoms with Crippen LogP contribution >= 0.6 is 0 Å². The molecule has 7 nitrogen and oxygen atoms in total. The van der Waals surface area contributed by atoms with Gasteiger partial charge in [0.05, 0.1) is 11.5 Å². The summed E-state index contributed by atoms with van der Waals surface area (Å²) in [4.78, 5) is 18.8. The monoisotopic (exact) mass is 296 g/mol. The topological polar surface area (TPSA) is 90.2 Å². The molecule has 0 aliphatic carbocycles. The van der Waals surface area contributed by atoms with Crippen LogP contribution in [0.2, 0.25) is 0 Å². The molecule has 0 aliphatic rings. The molecule has 1 unspecified atom stereocenters. The SMILES string of the molecule is CCCCC(CC)COc1nc(NC)nc(C)c1[N+](=O)[O-]. The Balaban J connectivity index is 2.89. The molecule has 0 aromatic carbocycles. The lowest BCUT2D eigenvalue weighted by molar-refractivity contribution is -0.387. The minimum atomic E-state index is -0.489. The van der Waals surface area contributed by atoms with E-state index in [1.165, 1.54) is 0 Å². The third kappa shape index (κ3) is 4.84. The highest BCUT2D eigenvalue weighted by atomic mass is 16.6. The van der Waals surface area contributed by atoms with E-state index in [0.717, 1.165) is 25.7 Å². The lowest BCUT2D eigenvalue weighted by atomic mass is 10.0. The van der Waals surface area contributed by atoms with Crippen molar-refractivity contribution in [3.05, 3.63) is 15.8 Å². The number of ether oxygens (including phenoxy) is 1. The maximum atomic E-state index is 11.2. The van der Waals surface area contributed by atoms with Crippen molar-refractivity contribution in [1.82, 2.24) is 9.97 Å². The molecule has 1 rings (SSSR count). The average Bonchev–Trinajstić information content (AvgIpc) is 2.46. The second-order valence-electron chi connectivity index (χ2n) is 5.02. The third-order valence-electron chi connectivity index (χ3n) is 3.43. The van der Waals surface area contributed by atoms with Crippen LogP contribution in [-0.4, -0.2) is 28.5 Å². The summed E-state index contributed by atoms with van der Waals surface area (Å²) in [7, 11) is 1.67. The summed E-state index contributed by atoms with van der Waals surface area (Å²) in [6.07, 6.45) is 4.31. The molecule has 1 N–H and O–H groups in total. The number of unbranched alkanes of at least 4 members (excludes halogenated alkanes) is 1. The van der Waals surface area contributed by atoms with Crippen LogP contribution in [0, 0.1) is 23.0 Å². The van der Waals surface area contributed by atoms with Crippen molar-refractivity contribution in [2.75, 3.05) is 19.0 Å². The van der Waals surface area contributed by atoms with E-state index in [-0.39, 0.29) is 11.6 Å². The Labute approximate surface area is 125 Å². The first-order chi connectivity index (χ1) is 10.0. The van der Waals surface area contributed by atoms with Gasteiger partial charge in [-0.15, -0.1) is 0 Å². The van der Waals surface area contributed by atoms with Gasteiger partial charge in [-0.3, -0.25) is 10.1 Å². The highest BCUT2D eigenvalue weighted by Gasteiger charge is 2.24. The lowest BCUT2D eigenvalue weighted by Gasteiger charge is -2.15. The number of nitro groups is 1. The molecule has 1 atom stereocenters. The number of hydrogen-bond acceptors (Lipinski definition) is 6. The molecule has 0 radical (unpaired) electrons. The first-order valence-corrected chi connectivity index (χ1v) is 7.36. The van der Waals surface area contributed by atoms with Gasteiger partial charge in [0.15, 0.2) is 0 Å². The second-order valence-corrected chi connectivity index (χ2v) is 5.02. The van der Waals surface area contributed by atoms with Gasteiger partial charge in [-0.25, -0.2) is 4.98 Å². The Bertz CT molecular complexity index is 480. The molecule has 1 heterocycles. The fourth-order valence-corrected chi connectivity index (χ4v) is 2.06. The van der Waals surface area contributed by atoms with Crippen LogP contribution in [0.15, 0.2) is 0 Å². The highest BCUT2D eigenvalue weighted by Crippen LogP contribution is 2.29. The predicted molar refractivity (Wildman–Crippen MR) is 81.8 cm³/mol. The van der Waals surface area contributed by atoms with Crippen LogP contribution < -0.4 is 10.1 Å². The molecule has 1 aromatic heterocycles. The number of nitrogens with zero attached hydrogens (tertiary/aromatic N) is 3. The van der Waals surface area contributed by atoms with E-state index in [9.17, 15) is 10.1 Å². The summed E-state index contributed by atoms with van der Waals surface area (Å²) in [5.74, 6) is 0.763. The van der Waals surface area contributed by atoms with E-state index in [4.69, 9.17) is 4.74 Å². The standard InChI is InChI=1S/C14H24N4O3/c1-5-7-8-11(6-2)9-21-13-12(18(19)20)10(3)16-14(15-4)17-13/h11H,5-9H2,1-4H3,(H,15,16,17). The van der Waals surface area contributed by atoms with Crippen molar-refractivity contribution in [3.8, 4) is 5.88 Å². The number of anilines is 1. The van der Waals surface area contributed by atoms with Gasteiger partial charge >= 0.3 is 5.69 Å². The van der Waals surface area contributed by atoms with Gasteiger partial charge in [0.1, 0.15) is 5.69 Å². The molecule has 0 fully saturated rings. The minimum Gasteiger partial charge on any atom is -0.472 e. The Kier molecular flexibility index (Phi) is 6.84. The average molecular weight is 296 g/mol. The van der Waals surface area contributed by atoms with Crippen LogP contribution in [0.3, 0.4) is 0 Å². The summed E-state index contributed by atoms with van der Waals surface area (Å²) >= 11 is 0. The van der Waals surface area contributed by atoms with Gasteiger partial charge in [-0.05, 0) is 19.3 Å². The van der Waals surface area contributed by atoms with Gasteiger partial charge in [0, 0.05) is 7.05 Å². The van der Waals surface area contributed by atoms with Gasteiger partial charge < -0.3 is 10.1 Å². The van der Waals surface area contributed by atoms with Crippen LogP contribution in [0.25, 0.3) is 0 Å². The molecule has 0 bridgehead atoms. The Hall–Kier alpha value is -1.92. The number of rotatable bonds is 9. The Morgan fingerprint density at radius 2 is 2.10 bits per heavy atom. The van der Waals surface area contributed by atoms with Gasteiger partial charge in [0.2, 0.25) is 5.95 Å². The van der Waals surface area contributed by atoms with Crippen molar-refractivity contribution in [2.24, 2.45) is 5.92 Å². The zero-order valence-electron chi connectivity index (χ0n) is 13.2. The fourth-order valence-electron chi connectivity index (χ4n) is 2.06. The van der Waals surface area contributed by atoms with Crippen LogP contribution in [0.4, 0.5) is 11.6 Å². The molecule has 7 heteroatoms. The third-order valence-corrected chi connectivity index (χ3v) is 3.43. The predicted octanol–water partition coefficient (Wildman–Crippen LogP) is 3.33. The van der Waals surface area contributed by atoms with E-state index in [1.54, 1.807) is 14.0 Å². The largest absolute Gasteiger partial charge is 0.472 e. The summed E-state index contributed by atoms with van der Waals surface area (Å²) in [6.45, 7) is 6.27.